The van der Waals surface area contributed by atoms with Crippen molar-refractivity contribution in [1.82, 2.24) is 10.2 Å². The molecule has 2 saturated heterocycles. The third kappa shape index (κ3) is 7.53. The van der Waals surface area contributed by atoms with Crippen molar-refractivity contribution < 1.29 is 27.6 Å². The van der Waals surface area contributed by atoms with E-state index >= 15 is 0 Å². The van der Waals surface area contributed by atoms with E-state index in [4.69, 9.17) is 4.74 Å². The SMILES string of the molecule is COc1ccc(N2CCN(CCCC(=O)NC3CCN(c4ccc([N+](=O)[O-])c(C(F)(F)F)c4)CC3)CC2)cc1. The maximum absolute atomic E-state index is 13.3. The number of nitrogens with zero attached hydrogens (tertiary/aromatic N) is 4. The van der Waals surface area contributed by atoms with E-state index in [0.29, 0.717) is 38.0 Å². The van der Waals surface area contributed by atoms with Crippen LogP contribution in [0.3, 0.4) is 0 Å². The standard InChI is InChI=1S/C27H34F3N5O4/c1-39-23-7-4-21(5-8-23)34-17-15-32(16-18-34)12-2-3-26(36)31-20-10-13-33(14-11-20)22-6-9-25(35(37)38)24(19-22)27(28,29)30/h4-9,19-20H,2-3,10-18H2,1H3,(H,31,36). The molecule has 0 aliphatic carbocycles. The van der Waals surface area contributed by atoms with E-state index in [-0.39, 0.29) is 11.9 Å². The first kappa shape index (κ1) is 28.5. The van der Waals surface area contributed by atoms with Crippen LogP contribution in [0, 0.1) is 10.1 Å². The number of alkyl halides is 3. The first-order valence-corrected chi connectivity index (χ1v) is 13.2. The maximum Gasteiger partial charge on any atom is 0.423 e. The van der Waals surface area contributed by atoms with Crippen LogP contribution in [0.2, 0.25) is 0 Å². The number of halogens is 3. The predicted molar refractivity (Wildman–Crippen MR) is 142 cm³/mol. The fourth-order valence-electron chi connectivity index (χ4n) is 5.17. The van der Waals surface area contributed by atoms with Crippen LogP contribution in [0.25, 0.3) is 0 Å². The van der Waals surface area contributed by atoms with Gasteiger partial charge in [-0.2, -0.15) is 13.2 Å². The number of anilines is 2. The van der Waals surface area contributed by atoms with Gasteiger partial charge in [0.25, 0.3) is 5.69 Å². The smallest absolute Gasteiger partial charge is 0.423 e. The van der Waals surface area contributed by atoms with Crippen LogP contribution in [-0.2, 0) is 11.0 Å². The molecule has 1 N–H and O–H groups in total. The predicted octanol–water partition coefficient (Wildman–Crippen LogP) is 4.31. The highest BCUT2D eigenvalue weighted by Crippen LogP contribution is 2.38. The van der Waals surface area contributed by atoms with Crippen molar-refractivity contribution in [3.05, 3.63) is 58.1 Å². The Bertz CT molecular complexity index is 1130. The van der Waals surface area contributed by atoms with Crippen molar-refractivity contribution in [2.45, 2.75) is 37.9 Å². The van der Waals surface area contributed by atoms with E-state index in [1.165, 1.54) is 11.8 Å². The molecule has 9 nitrogen and oxygen atoms in total. The van der Waals surface area contributed by atoms with Gasteiger partial charge in [0.1, 0.15) is 11.3 Å². The van der Waals surface area contributed by atoms with Crippen molar-refractivity contribution in [1.29, 1.82) is 0 Å². The van der Waals surface area contributed by atoms with Crippen LogP contribution >= 0.6 is 0 Å². The lowest BCUT2D eigenvalue weighted by atomic mass is 10.0. The van der Waals surface area contributed by atoms with Gasteiger partial charge in [-0.15, -0.1) is 0 Å². The molecule has 2 aliphatic heterocycles. The molecule has 12 heteroatoms. The lowest BCUT2D eigenvalue weighted by molar-refractivity contribution is -0.388. The highest BCUT2D eigenvalue weighted by Gasteiger charge is 2.39. The minimum Gasteiger partial charge on any atom is -0.497 e. The van der Waals surface area contributed by atoms with Gasteiger partial charge in [0, 0.05) is 69.2 Å². The number of hydrogen-bond acceptors (Lipinski definition) is 7. The molecule has 1 amide bonds. The lowest BCUT2D eigenvalue weighted by Gasteiger charge is -2.36. The summed E-state index contributed by atoms with van der Waals surface area (Å²) in [5.74, 6) is 0.824. The van der Waals surface area contributed by atoms with Crippen LogP contribution in [0.1, 0.15) is 31.2 Å². The number of nitrogens with one attached hydrogen (secondary N) is 1. The van der Waals surface area contributed by atoms with E-state index in [1.807, 2.05) is 12.1 Å². The van der Waals surface area contributed by atoms with E-state index in [0.717, 1.165) is 57.0 Å². The molecule has 0 unspecified atom stereocenters. The van der Waals surface area contributed by atoms with E-state index in [2.05, 4.69) is 27.2 Å². The van der Waals surface area contributed by atoms with E-state index in [9.17, 15) is 28.1 Å². The second-order valence-electron chi connectivity index (χ2n) is 9.92. The molecule has 0 atom stereocenters. The number of rotatable bonds is 9. The Labute approximate surface area is 225 Å². The van der Waals surface area contributed by atoms with Gasteiger partial charge in [-0.25, -0.2) is 0 Å². The Morgan fingerprint density at radius 2 is 1.62 bits per heavy atom. The molecule has 2 aromatic carbocycles. The number of piperidine rings is 1. The zero-order chi connectivity index (χ0) is 28.0. The van der Waals surface area contributed by atoms with Crippen molar-refractivity contribution in [2.24, 2.45) is 0 Å². The summed E-state index contributed by atoms with van der Waals surface area (Å²) in [4.78, 5) is 29.0. The molecule has 0 spiro atoms. The average Bonchev–Trinajstić information content (AvgIpc) is 2.93. The summed E-state index contributed by atoms with van der Waals surface area (Å²) < 4.78 is 45.2. The lowest BCUT2D eigenvalue weighted by Crippen LogP contribution is -2.47. The first-order chi connectivity index (χ1) is 18.6. The molecule has 2 heterocycles. The number of ether oxygens (including phenoxy) is 1. The summed E-state index contributed by atoms with van der Waals surface area (Å²) in [7, 11) is 1.65. The van der Waals surface area contributed by atoms with E-state index < -0.39 is 22.4 Å². The van der Waals surface area contributed by atoms with Crippen LogP contribution < -0.4 is 19.9 Å². The topological polar surface area (TPSA) is 91.2 Å². The minimum absolute atomic E-state index is 0.0139. The Morgan fingerprint density at radius 1 is 1.00 bits per heavy atom. The first-order valence-electron chi connectivity index (χ1n) is 13.2. The molecular formula is C27H34F3N5O4. The second kappa shape index (κ2) is 12.5. The van der Waals surface area contributed by atoms with Gasteiger partial charge in [-0.3, -0.25) is 19.8 Å². The van der Waals surface area contributed by atoms with Gasteiger partial charge in [0.2, 0.25) is 5.91 Å². The number of carbonyl (C=O) groups excluding carboxylic acids is 1. The summed E-state index contributed by atoms with van der Waals surface area (Å²) in [5, 5.41) is 14.0. The number of hydrogen-bond donors (Lipinski definition) is 1. The molecule has 2 aromatic rings. The molecule has 0 radical (unpaired) electrons. The Balaban J connectivity index is 1.16. The molecule has 2 aliphatic rings. The number of amides is 1. The number of methoxy groups -OCH3 is 1. The molecule has 0 bridgehead atoms. The zero-order valence-corrected chi connectivity index (χ0v) is 22.0. The van der Waals surface area contributed by atoms with Gasteiger partial charge < -0.3 is 19.9 Å². The monoisotopic (exact) mass is 549 g/mol. The molecule has 0 saturated carbocycles. The third-order valence-electron chi connectivity index (χ3n) is 7.40. The largest absolute Gasteiger partial charge is 0.497 e. The summed E-state index contributed by atoms with van der Waals surface area (Å²) in [5.41, 5.74) is -0.727. The fraction of sp³-hybridized carbons (Fsp3) is 0.519. The van der Waals surface area contributed by atoms with Crippen molar-refractivity contribution in [3.8, 4) is 5.75 Å². The van der Waals surface area contributed by atoms with Gasteiger partial charge in [-0.1, -0.05) is 0 Å². The summed E-state index contributed by atoms with van der Waals surface area (Å²) in [6.45, 7) is 5.49. The Morgan fingerprint density at radius 3 is 2.21 bits per heavy atom. The fourth-order valence-corrected chi connectivity index (χ4v) is 5.17. The van der Waals surface area contributed by atoms with Gasteiger partial charge in [0.15, 0.2) is 0 Å². The van der Waals surface area contributed by atoms with Crippen molar-refractivity contribution in [2.75, 3.05) is 62.7 Å². The van der Waals surface area contributed by atoms with Crippen LogP contribution in [0.5, 0.6) is 5.75 Å². The summed E-state index contributed by atoms with van der Waals surface area (Å²) in [6, 6.07) is 11.1. The highest BCUT2D eigenvalue weighted by molar-refractivity contribution is 5.76. The third-order valence-corrected chi connectivity index (χ3v) is 7.40. The van der Waals surface area contributed by atoms with Gasteiger partial charge in [0.05, 0.1) is 12.0 Å². The number of nitro benzene ring substituents is 1. The van der Waals surface area contributed by atoms with Gasteiger partial charge in [-0.05, 0) is 62.2 Å². The van der Waals surface area contributed by atoms with Crippen LogP contribution in [-0.4, -0.2) is 74.7 Å². The molecular weight excluding hydrogens is 515 g/mol. The number of carbonyl (C=O) groups is 1. The molecule has 39 heavy (non-hydrogen) atoms. The number of piperazine rings is 1. The Kier molecular flexibility index (Phi) is 9.16. The summed E-state index contributed by atoms with van der Waals surface area (Å²) >= 11 is 0. The number of nitro groups is 1. The van der Waals surface area contributed by atoms with Crippen molar-refractivity contribution in [3.63, 3.8) is 0 Å². The average molecular weight is 550 g/mol. The van der Waals surface area contributed by atoms with Crippen molar-refractivity contribution >= 4 is 23.0 Å². The second-order valence-corrected chi connectivity index (χ2v) is 9.92. The van der Waals surface area contributed by atoms with Crippen LogP contribution in [0.15, 0.2) is 42.5 Å². The zero-order valence-electron chi connectivity index (χ0n) is 22.0. The molecule has 2 fully saturated rings. The minimum atomic E-state index is -4.81. The summed E-state index contributed by atoms with van der Waals surface area (Å²) in [6.07, 6.45) is -2.43. The molecule has 4 rings (SSSR count). The number of benzene rings is 2. The molecule has 0 aromatic heterocycles. The molecule has 212 valence electrons. The highest BCUT2D eigenvalue weighted by atomic mass is 19.4. The quantitative estimate of drug-likeness (QED) is 0.368. The van der Waals surface area contributed by atoms with E-state index in [1.54, 1.807) is 12.0 Å². The normalized spacial score (nSPS) is 17.2. The maximum atomic E-state index is 13.3. The van der Waals surface area contributed by atoms with Gasteiger partial charge >= 0.3 is 6.18 Å². The van der Waals surface area contributed by atoms with Crippen LogP contribution in [0.4, 0.5) is 30.2 Å². The Hall–Kier alpha value is -3.54.